The molecule has 0 spiro atoms. The number of amides is 1. The zero-order valence-corrected chi connectivity index (χ0v) is 21.9. The molecule has 4 rings (SSSR count). The highest BCUT2D eigenvalue weighted by atomic mass is 32.2. The Morgan fingerprint density at radius 1 is 1.22 bits per heavy atom. The summed E-state index contributed by atoms with van der Waals surface area (Å²) in [5, 5.41) is 2.81. The number of carbonyl (C=O) groups excluding carboxylic acids is 2. The number of nitrogens with one attached hydrogen (secondary N) is 3. The summed E-state index contributed by atoms with van der Waals surface area (Å²) in [7, 11) is -2.33. The quantitative estimate of drug-likeness (QED) is 0.331. The largest absolute Gasteiger partial charge is 0.462 e. The Kier molecular flexibility index (Phi) is 7.97. The Bertz CT molecular complexity index is 1290. The number of aryl methyl sites for hydroxylation is 1. The standard InChI is InChI=1S/C26H34N4O5S/c1-4-21-24(26(32)35-5-2)18(9-8-14-30-12-6-7-13-30)23(28-21)16-20-19-15-17(36(33,34)27-3)10-11-22(19)29-25(20)31/h10-11,15-16,27-28H,4-9,12-14H2,1-3H3,(H,29,31). The van der Waals surface area contributed by atoms with Gasteiger partial charge in [-0.25, -0.2) is 17.9 Å². The van der Waals surface area contributed by atoms with Crippen LogP contribution in [0, 0.1) is 0 Å². The van der Waals surface area contributed by atoms with Crippen molar-refractivity contribution in [1.82, 2.24) is 14.6 Å². The van der Waals surface area contributed by atoms with E-state index in [1.165, 1.54) is 32.0 Å². The topological polar surface area (TPSA) is 121 Å². The fraction of sp³-hybridized carbons (Fsp3) is 0.462. The van der Waals surface area contributed by atoms with Crippen molar-refractivity contribution >= 4 is 39.2 Å². The molecule has 9 nitrogen and oxygen atoms in total. The predicted octanol–water partition coefficient (Wildman–Crippen LogP) is 3.18. The number of esters is 1. The van der Waals surface area contributed by atoms with Crippen LogP contribution in [0.2, 0.25) is 0 Å². The van der Waals surface area contributed by atoms with Crippen LogP contribution in [0.3, 0.4) is 0 Å². The van der Waals surface area contributed by atoms with Crippen molar-refractivity contribution in [2.75, 3.05) is 38.6 Å². The van der Waals surface area contributed by atoms with Gasteiger partial charge in [-0.3, -0.25) is 4.79 Å². The molecule has 1 amide bonds. The Hall–Kier alpha value is -2.95. The molecule has 2 aromatic rings. The molecule has 3 heterocycles. The van der Waals surface area contributed by atoms with E-state index in [4.69, 9.17) is 4.74 Å². The fourth-order valence-electron chi connectivity index (χ4n) is 4.94. The minimum absolute atomic E-state index is 0.0740. The summed E-state index contributed by atoms with van der Waals surface area (Å²) in [6.07, 6.45) is 6.29. The second-order valence-corrected chi connectivity index (χ2v) is 10.9. The van der Waals surface area contributed by atoms with Crippen LogP contribution in [0.25, 0.3) is 11.6 Å². The lowest BCUT2D eigenvalue weighted by molar-refractivity contribution is -0.110. The maximum Gasteiger partial charge on any atom is 0.340 e. The molecule has 0 saturated carbocycles. The highest BCUT2D eigenvalue weighted by Gasteiger charge is 2.29. The molecule has 1 aromatic heterocycles. The number of rotatable bonds is 10. The third kappa shape index (κ3) is 5.25. The third-order valence-electron chi connectivity index (χ3n) is 6.79. The summed E-state index contributed by atoms with van der Waals surface area (Å²) in [4.78, 5) is 31.7. The molecule has 0 bridgehead atoms. The number of ether oxygens (including phenoxy) is 1. The van der Waals surface area contributed by atoms with Crippen molar-refractivity contribution in [2.45, 2.75) is 50.8 Å². The molecule has 0 aliphatic carbocycles. The molecule has 0 radical (unpaired) electrons. The number of H-pyrrole nitrogens is 1. The van der Waals surface area contributed by atoms with Gasteiger partial charge < -0.3 is 19.9 Å². The average molecular weight is 515 g/mol. The van der Waals surface area contributed by atoms with Crippen LogP contribution in [0.15, 0.2) is 23.1 Å². The Labute approximate surface area is 212 Å². The predicted molar refractivity (Wildman–Crippen MR) is 139 cm³/mol. The van der Waals surface area contributed by atoms with Crippen LogP contribution >= 0.6 is 0 Å². The van der Waals surface area contributed by atoms with E-state index in [2.05, 4.69) is 19.9 Å². The summed E-state index contributed by atoms with van der Waals surface area (Å²) in [5.41, 5.74) is 4.21. The lowest BCUT2D eigenvalue weighted by Crippen LogP contribution is -2.21. The number of benzene rings is 1. The molecular weight excluding hydrogens is 480 g/mol. The first-order chi connectivity index (χ1) is 17.3. The molecule has 1 fully saturated rings. The van der Waals surface area contributed by atoms with Crippen LogP contribution < -0.4 is 10.0 Å². The number of fused-ring (bicyclic) bond motifs is 1. The normalized spacial score (nSPS) is 17.0. The molecule has 2 aliphatic heterocycles. The number of anilines is 1. The molecule has 1 saturated heterocycles. The van der Waals surface area contributed by atoms with Crippen molar-refractivity contribution in [3.63, 3.8) is 0 Å². The summed E-state index contributed by atoms with van der Waals surface area (Å²) in [6.45, 7) is 7.16. The molecule has 0 unspecified atom stereocenters. The summed E-state index contributed by atoms with van der Waals surface area (Å²) >= 11 is 0. The Morgan fingerprint density at radius 2 is 1.97 bits per heavy atom. The SMILES string of the molecule is CCOC(=O)c1c(CC)[nH]c(C=C2C(=O)Nc3ccc(S(=O)(=O)NC)cc32)c1CCCN1CCCC1. The van der Waals surface area contributed by atoms with Crippen LogP contribution in [0.5, 0.6) is 0 Å². The maximum absolute atomic E-state index is 12.9. The first kappa shape index (κ1) is 26.1. The van der Waals surface area contributed by atoms with Crippen LogP contribution in [0.1, 0.15) is 66.0 Å². The molecule has 194 valence electrons. The second kappa shape index (κ2) is 11.0. The van der Waals surface area contributed by atoms with E-state index in [1.807, 2.05) is 6.92 Å². The first-order valence-corrected chi connectivity index (χ1v) is 14.0. The van der Waals surface area contributed by atoms with Crippen molar-refractivity contribution < 1.29 is 22.7 Å². The van der Waals surface area contributed by atoms with Gasteiger partial charge in [0.05, 0.1) is 22.6 Å². The number of sulfonamides is 1. The van der Waals surface area contributed by atoms with Gasteiger partial charge in [0.1, 0.15) is 0 Å². The van der Waals surface area contributed by atoms with Gasteiger partial charge in [0, 0.05) is 22.6 Å². The van der Waals surface area contributed by atoms with Gasteiger partial charge in [-0.15, -0.1) is 0 Å². The first-order valence-electron chi connectivity index (χ1n) is 12.5. The molecular formula is C26H34N4O5S. The van der Waals surface area contributed by atoms with Gasteiger partial charge in [0.2, 0.25) is 10.0 Å². The van der Waals surface area contributed by atoms with E-state index in [-0.39, 0.29) is 23.4 Å². The van der Waals surface area contributed by atoms with Crippen molar-refractivity contribution in [3.05, 3.63) is 46.3 Å². The number of carbonyl (C=O) groups is 2. The number of hydrogen-bond acceptors (Lipinski definition) is 6. The zero-order valence-electron chi connectivity index (χ0n) is 21.1. The summed E-state index contributed by atoms with van der Waals surface area (Å²) in [6, 6.07) is 4.54. The lowest BCUT2D eigenvalue weighted by atomic mass is 9.99. The monoisotopic (exact) mass is 514 g/mol. The van der Waals surface area contributed by atoms with Crippen molar-refractivity contribution in [1.29, 1.82) is 0 Å². The van der Waals surface area contributed by atoms with E-state index in [9.17, 15) is 18.0 Å². The molecule has 3 N–H and O–H groups in total. The lowest BCUT2D eigenvalue weighted by Gasteiger charge is -2.14. The highest BCUT2D eigenvalue weighted by Crippen LogP contribution is 2.36. The van der Waals surface area contributed by atoms with Gasteiger partial charge in [-0.1, -0.05) is 6.92 Å². The van der Waals surface area contributed by atoms with E-state index in [0.717, 1.165) is 37.3 Å². The average Bonchev–Trinajstić information content (AvgIpc) is 3.57. The van der Waals surface area contributed by atoms with E-state index >= 15 is 0 Å². The summed E-state index contributed by atoms with van der Waals surface area (Å²) < 4.78 is 32.4. The molecule has 2 aliphatic rings. The highest BCUT2D eigenvalue weighted by molar-refractivity contribution is 7.89. The van der Waals surface area contributed by atoms with Gasteiger partial charge in [-0.2, -0.15) is 0 Å². The number of likely N-dealkylation sites (tertiary alicyclic amines) is 1. The maximum atomic E-state index is 12.9. The number of aromatic nitrogens is 1. The van der Waals surface area contributed by atoms with Crippen molar-refractivity contribution in [2.24, 2.45) is 0 Å². The smallest absolute Gasteiger partial charge is 0.340 e. The Balaban J connectivity index is 1.76. The van der Waals surface area contributed by atoms with Gasteiger partial charge in [0.25, 0.3) is 5.91 Å². The van der Waals surface area contributed by atoms with E-state index in [0.29, 0.717) is 40.9 Å². The van der Waals surface area contributed by atoms with Crippen LogP contribution in [-0.2, 0) is 32.4 Å². The van der Waals surface area contributed by atoms with Crippen LogP contribution in [0.4, 0.5) is 5.69 Å². The Morgan fingerprint density at radius 3 is 2.64 bits per heavy atom. The minimum atomic E-state index is -3.68. The van der Waals surface area contributed by atoms with Gasteiger partial charge >= 0.3 is 5.97 Å². The zero-order chi connectivity index (χ0) is 25.9. The minimum Gasteiger partial charge on any atom is -0.462 e. The molecule has 0 atom stereocenters. The number of hydrogen-bond donors (Lipinski definition) is 3. The van der Waals surface area contributed by atoms with Gasteiger partial charge in [0.15, 0.2) is 0 Å². The molecule has 36 heavy (non-hydrogen) atoms. The van der Waals surface area contributed by atoms with Crippen molar-refractivity contribution in [3.8, 4) is 0 Å². The van der Waals surface area contributed by atoms with E-state index in [1.54, 1.807) is 19.1 Å². The number of nitrogens with zero attached hydrogens (tertiary/aromatic N) is 1. The van der Waals surface area contributed by atoms with E-state index < -0.39 is 10.0 Å². The second-order valence-electron chi connectivity index (χ2n) is 9.02. The fourth-order valence-corrected chi connectivity index (χ4v) is 5.70. The van der Waals surface area contributed by atoms with Gasteiger partial charge in [-0.05, 0) is 95.5 Å². The third-order valence-corrected chi connectivity index (χ3v) is 8.20. The summed E-state index contributed by atoms with van der Waals surface area (Å²) in [5.74, 6) is -0.692. The number of aromatic amines is 1. The molecule has 10 heteroatoms. The van der Waals surface area contributed by atoms with Crippen LogP contribution in [-0.4, -0.2) is 63.5 Å². The molecule has 1 aromatic carbocycles.